The van der Waals surface area contributed by atoms with Crippen LogP contribution < -0.4 is 0 Å². The molecule has 0 fully saturated rings. The van der Waals surface area contributed by atoms with Gasteiger partial charge in [0.1, 0.15) is 11.6 Å². The quantitative estimate of drug-likeness (QED) is 0.663. The van der Waals surface area contributed by atoms with Crippen LogP contribution in [0, 0.1) is 12.7 Å². The molecule has 0 spiro atoms. The van der Waals surface area contributed by atoms with E-state index >= 15 is 0 Å². The number of aromatic hydroxyl groups is 1. The molecule has 0 saturated carbocycles. The molecule has 62 valence electrons. The smallest absolute Gasteiger partial charge is 0.141 e. The highest BCUT2D eigenvalue weighted by atomic mass is 32.1. The topological polar surface area (TPSA) is 20.2 Å². The third kappa shape index (κ3) is 0.898. The van der Waals surface area contributed by atoms with E-state index < -0.39 is 0 Å². The minimum Gasteiger partial charge on any atom is -0.508 e. The van der Waals surface area contributed by atoms with Gasteiger partial charge >= 0.3 is 0 Å². The van der Waals surface area contributed by atoms with Crippen LogP contribution in [0.1, 0.15) is 5.56 Å². The normalized spacial score (nSPS) is 10.8. The van der Waals surface area contributed by atoms with Crippen molar-refractivity contribution in [3.8, 4) is 5.75 Å². The fraction of sp³-hybridized carbons (Fsp3) is 0.111. The standard InChI is InChI=1S/C9H7FOS/c1-5-8(11)3-2-6-7(10)4-12-9(5)6/h2-4,11H,1H3. The van der Waals surface area contributed by atoms with Gasteiger partial charge in [-0.05, 0) is 19.1 Å². The molecule has 1 aromatic heterocycles. The minimum absolute atomic E-state index is 0.210. The molecule has 0 saturated heterocycles. The van der Waals surface area contributed by atoms with Crippen LogP contribution in [0.2, 0.25) is 0 Å². The highest BCUT2D eigenvalue weighted by Crippen LogP contribution is 2.32. The van der Waals surface area contributed by atoms with Gasteiger partial charge in [-0.2, -0.15) is 0 Å². The fourth-order valence-electron chi connectivity index (χ4n) is 1.20. The monoisotopic (exact) mass is 182 g/mol. The first kappa shape index (κ1) is 7.55. The van der Waals surface area contributed by atoms with Crippen LogP contribution in [0.25, 0.3) is 10.1 Å². The van der Waals surface area contributed by atoms with Crippen LogP contribution in [0.15, 0.2) is 17.5 Å². The first-order valence-electron chi connectivity index (χ1n) is 3.55. The lowest BCUT2D eigenvalue weighted by atomic mass is 10.1. The van der Waals surface area contributed by atoms with Crippen molar-refractivity contribution < 1.29 is 9.50 Å². The van der Waals surface area contributed by atoms with E-state index in [1.807, 2.05) is 0 Å². The Hall–Kier alpha value is -1.09. The van der Waals surface area contributed by atoms with Gasteiger partial charge in [-0.1, -0.05) is 0 Å². The van der Waals surface area contributed by atoms with Crippen molar-refractivity contribution >= 4 is 21.4 Å². The van der Waals surface area contributed by atoms with Crippen molar-refractivity contribution in [1.29, 1.82) is 0 Å². The maximum absolute atomic E-state index is 13.0. The summed E-state index contributed by atoms with van der Waals surface area (Å²) >= 11 is 1.32. The number of thiophene rings is 1. The van der Waals surface area contributed by atoms with E-state index in [1.54, 1.807) is 13.0 Å². The SMILES string of the molecule is Cc1c(O)ccc2c(F)csc12. The Morgan fingerprint density at radius 1 is 1.42 bits per heavy atom. The highest BCUT2D eigenvalue weighted by molar-refractivity contribution is 7.17. The Bertz CT molecular complexity index is 433. The lowest BCUT2D eigenvalue weighted by Crippen LogP contribution is -1.75. The summed E-state index contributed by atoms with van der Waals surface area (Å²) < 4.78 is 13.8. The number of benzene rings is 1. The summed E-state index contributed by atoms with van der Waals surface area (Å²) in [5, 5.41) is 11.4. The summed E-state index contributed by atoms with van der Waals surface area (Å²) in [6, 6.07) is 3.12. The van der Waals surface area contributed by atoms with Crippen LogP contribution >= 0.6 is 11.3 Å². The Morgan fingerprint density at radius 2 is 2.17 bits per heavy atom. The van der Waals surface area contributed by atoms with Crippen LogP contribution in [0.5, 0.6) is 5.75 Å². The van der Waals surface area contributed by atoms with E-state index in [-0.39, 0.29) is 11.6 Å². The Kier molecular flexibility index (Phi) is 1.54. The van der Waals surface area contributed by atoms with Gasteiger partial charge in [-0.15, -0.1) is 11.3 Å². The molecule has 0 unspecified atom stereocenters. The second-order valence-electron chi connectivity index (χ2n) is 2.67. The number of phenolic OH excluding ortho intramolecular Hbond substituents is 1. The second-order valence-corrected chi connectivity index (χ2v) is 3.55. The first-order valence-corrected chi connectivity index (χ1v) is 4.43. The largest absolute Gasteiger partial charge is 0.508 e. The minimum atomic E-state index is -0.210. The zero-order valence-electron chi connectivity index (χ0n) is 6.47. The number of phenols is 1. The molecular formula is C9H7FOS. The van der Waals surface area contributed by atoms with E-state index in [9.17, 15) is 9.50 Å². The third-order valence-corrected chi connectivity index (χ3v) is 3.00. The fourth-order valence-corrected chi connectivity index (χ4v) is 2.12. The van der Waals surface area contributed by atoms with Gasteiger partial charge in [0.15, 0.2) is 0 Å². The zero-order chi connectivity index (χ0) is 8.72. The Morgan fingerprint density at radius 3 is 2.92 bits per heavy atom. The van der Waals surface area contributed by atoms with Crippen molar-refractivity contribution in [2.75, 3.05) is 0 Å². The summed E-state index contributed by atoms with van der Waals surface area (Å²) in [4.78, 5) is 0. The van der Waals surface area contributed by atoms with E-state index in [2.05, 4.69) is 0 Å². The molecule has 0 aliphatic carbocycles. The predicted molar refractivity (Wildman–Crippen MR) is 48.2 cm³/mol. The van der Waals surface area contributed by atoms with Gasteiger partial charge in [-0.25, -0.2) is 4.39 Å². The zero-order valence-corrected chi connectivity index (χ0v) is 7.28. The number of hydrogen-bond donors (Lipinski definition) is 1. The lowest BCUT2D eigenvalue weighted by molar-refractivity contribution is 0.472. The second kappa shape index (κ2) is 2.45. The third-order valence-electron chi connectivity index (χ3n) is 1.91. The van der Waals surface area contributed by atoms with Crippen molar-refractivity contribution in [1.82, 2.24) is 0 Å². The highest BCUT2D eigenvalue weighted by Gasteiger charge is 2.07. The molecule has 2 aromatic rings. The van der Waals surface area contributed by atoms with Crippen molar-refractivity contribution in [2.45, 2.75) is 6.92 Å². The molecule has 1 nitrogen and oxygen atoms in total. The van der Waals surface area contributed by atoms with Gasteiger partial charge < -0.3 is 5.11 Å². The van der Waals surface area contributed by atoms with Crippen molar-refractivity contribution in [2.24, 2.45) is 0 Å². The lowest BCUT2D eigenvalue weighted by Gasteiger charge is -1.98. The van der Waals surface area contributed by atoms with E-state index in [0.29, 0.717) is 5.39 Å². The summed E-state index contributed by atoms with van der Waals surface area (Å²) in [6.45, 7) is 1.79. The molecule has 12 heavy (non-hydrogen) atoms. The van der Waals surface area contributed by atoms with E-state index in [4.69, 9.17) is 0 Å². The van der Waals surface area contributed by atoms with Gasteiger partial charge in [-0.3, -0.25) is 0 Å². The molecule has 0 amide bonds. The average Bonchev–Trinajstić information content (AvgIpc) is 2.41. The predicted octanol–water partition coefficient (Wildman–Crippen LogP) is 3.05. The van der Waals surface area contributed by atoms with Crippen LogP contribution in [0.4, 0.5) is 4.39 Å². The molecule has 1 aromatic carbocycles. The summed E-state index contributed by atoms with van der Waals surface area (Å²) in [7, 11) is 0. The van der Waals surface area contributed by atoms with Gasteiger partial charge in [0, 0.05) is 21.0 Å². The van der Waals surface area contributed by atoms with Crippen molar-refractivity contribution in [3.05, 3.63) is 28.9 Å². The van der Waals surface area contributed by atoms with Crippen molar-refractivity contribution in [3.63, 3.8) is 0 Å². The average molecular weight is 182 g/mol. The summed E-state index contributed by atoms with van der Waals surface area (Å²) in [5.74, 6) is 0.0162. The van der Waals surface area contributed by atoms with Gasteiger partial charge in [0.2, 0.25) is 0 Å². The summed E-state index contributed by atoms with van der Waals surface area (Å²) in [6.07, 6.45) is 0. The Balaban J connectivity index is 2.93. The van der Waals surface area contributed by atoms with E-state index in [0.717, 1.165) is 10.3 Å². The molecule has 0 aliphatic heterocycles. The number of fused-ring (bicyclic) bond motifs is 1. The molecule has 0 aliphatic rings. The molecule has 0 bridgehead atoms. The van der Waals surface area contributed by atoms with Crippen LogP contribution in [0.3, 0.4) is 0 Å². The van der Waals surface area contributed by atoms with E-state index in [1.165, 1.54) is 22.8 Å². The molecule has 2 rings (SSSR count). The number of rotatable bonds is 0. The van der Waals surface area contributed by atoms with Crippen LogP contribution in [-0.2, 0) is 0 Å². The van der Waals surface area contributed by atoms with Gasteiger partial charge in [0.05, 0.1) is 0 Å². The maximum Gasteiger partial charge on any atom is 0.141 e. The first-order chi connectivity index (χ1) is 5.70. The number of hydrogen-bond acceptors (Lipinski definition) is 2. The molecular weight excluding hydrogens is 175 g/mol. The molecule has 1 N–H and O–H groups in total. The van der Waals surface area contributed by atoms with Crippen LogP contribution in [-0.4, -0.2) is 5.11 Å². The maximum atomic E-state index is 13.0. The van der Waals surface area contributed by atoms with Gasteiger partial charge in [0.25, 0.3) is 0 Å². The molecule has 0 atom stereocenters. The molecule has 0 radical (unpaired) electrons. The molecule has 3 heteroatoms. The summed E-state index contributed by atoms with van der Waals surface area (Å²) in [5.41, 5.74) is 0.751. The Labute approximate surface area is 73.1 Å². The number of halogens is 1. The molecule has 1 heterocycles. The number of aryl methyl sites for hydroxylation is 1.